The molecule has 2 heterocycles. The molecule has 3 aliphatic rings. The standard InChI is InChI=1S/C58H42N4/c59-50(38-18-4-1-5-19-38)37-51(60)43-26-16-29-49-56(43)45-36-39(42-25-17-33-55-57(42)44-24-10-13-30-52(44)61(55)40-20-6-2-7-21-40)34-35-46(45)58(49)47-27-11-14-31-53(47)62(41-22-8-3-9-23-41)54-32-15-12-28-48(54)58/h1-33,36-37,60H,34-35,59H2/b50-37-,60-51?. The molecule has 0 bridgehead atoms. The van der Waals surface area contributed by atoms with Gasteiger partial charge in [-0.2, -0.15) is 0 Å². The molecule has 8 aromatic carbocycles. The summed E-state index contributed by atoms with van der Waals surface area (Å²) >= 11 is 0. The van der Waals surface area contributed by atoms with Gasteiger partial charge in [0.2, 0.25) is 0 Å². The van der Waals surface area contributed by atoms with Gasteiger partial charge in [-0.25, -0.2) is 0 Å². The Balaban J connectivity index is 1.14. The fourth-order valence-corrected chi connectivity index (χ4v) is 10.9. The molecule has 2 aliphatic carbocycles. The van der Waals surface area contributed by atoms with Gasteiger partial charge in [-0.05, 0) is 118 Å². The monoisotopic (exact) mass is 794 g/mol. The van der Waals surface area contributed by atoms with E-state index in [-0.39, 0.29) is 0 Å². The van der Waals surface area contributed by atoms with Gasteiger partial charge in [0.15, 0.2) is 0 Å². The molecule has 0 amide bonds. The molecule has 294 valence electrons. The summed E-state index contributed by atoms with van der Waals surface area (Å²) in [6, 6.07) is 71.5. The van der Waals surface area contributed by atoms with Crippen molar-refractivity contribution in [3.63, 3.8) is 0 Å². The fraction of sp³-hybridized carbons (Fsp3) is 0.0517. The molecule has 4 nitrogen and oxygen atoms in total. The molecular weight excluding hydrogens is 753 g/mol. The number of allylic oxidation sites excluding steroid dienone is 5. The van der Waals surface area contributed by atoms with E-state index in [4.69, 9.17) is 5.73 Å². The van der Waals surface area contributed by atoms with Crippen LogP contribution in [-0.4, -0.2) is 10.3 Å². The second-order valence-electron chi connectivity index (χ2n) is 16.5. The van der Waals surface area contributed by atoms with E-state index in [9.17, 15) is 5.41 Å². The lowest BCUT2D eigenvalue weighted by Crippen LogP contribution is -2.37. The lowest BCUT2D eigenvalue weighted by molar-refractivity contribution is 0.689. The predicted molar refractivity (Wildman–Crippen MR) is 258 cm³/mol. The number of hydrogen-bond donors (Lipinski definition) is 2. The number of nitrogens with zero attached hydrogens (tertiary/aromatic N) is 2. The molecule has 62 heavy (non-hydrogen) atoms. The summed E-state index contributed by atoms with van der Waals surface area (Å²) in [5, 5.41) is 12.3. The Morgan fingerprint density at radius 2 is 1.13 bits per heavy atom. The topological polar surface area (TPSA) is 58.0 Å². The average Bonchev–Trinajstić information content (AvgIpc) is 3.83. The Morgan fingerprint density at radius 3 is 1.85 bits per heavy atom. The summed E-state index contributed by atoms with van der Waals surface area (Å²) in [5.74, 6) is 0. The van der Waals surface area contributed by atoms with Crippen LogP contribution in [0.25, 0.3) is 44.3 Å². The number of rotatable bonds is 6. The zero-order chi connectivity index (χ0) is 41.4. The van der Waals surface area contributed by atoms with Crippen LogP contribution in [0.15, 0.2) is 218 Å². The highest BCUT2D eigenvalue weighted by molar-refractivity contribution is 6.17. The first-order valence-electron chi connectivity index (χ1n) is 21.4. The highest BCUT2D eigenvalue weighted by Gasteiger charge is 2.53. The fourth-order valence-electron chi connectivity index (χ4n) is 10.9. The van der Waals surface area contributed by atoms with Gasteiger partial charge in [0, 0.05) is 33.4 Å². The van der Waals surface area contributed by atoms with E-state index >= 15 is 0 Å². The van der Waals surface area contributed by atoms with Gasteiger partial charge in [-0.1, -0.05) is 158 Å². The lowest BCUT2D eigenvalue weighted by Gasteiger charge is -2.46. The Labute approximate surface area is 361 Å². The molecule has 1 aromatic heterocycles. The first kappa shape index (κ1) is 35.9. The maximum Gasteiger partial charge on any atom is 0.0717 e. The SMILES string of the molecule is N=C(/C=C(\N)c1ccccc1)c1cccc2c1C1=C(CCC(c3cccc4c3c3ccccc3n4-c3ccccc3)=C1)C21c2ccccc2N(c2ccccc2)c2ccccc21. The third kappa shape index (κ3) is 5.17. The van der Waals surface area contributed by atoms with Crippen LogP contribution in [0.3, 0.4) is 0 Å². The van der Waals surface area contributed by atoms with Crippen molar-refractivity contribution in [3.05, 3.63) is 257 Å². The molecule has 9 aromatic rings. The summed E-state index contributed by atoms with van der Waals surface area (Å²) in [7, 11) is 0. The summed E-state index contributed by atoms with van der Waals surface area (Å²) in [6.45, 7) is 0. The molecule has 0 radical (unpaired) electrons. The molecule has 12 rings (SSSR count). The smallest absolute Gasteiger partial charge is 0.0717 e. The maximum atomic E-state index is 9.81. The van der Waals surface area contributed by atoms with Crippen LogP contribution < -0.4 is 10.6 Å². The van der Waals surface area contributed by atoms with Crippen LogP contribution in [0.2, 0.25) is 0 Å². The third-order valence-corrected chi connectivity index (χ3v) is 13.3. The van der Waals surface area contributed by atoms with Gasteiger partial charge in [-0.3, -0.25) is 0 Å². The number of para-hydroxylation sites is 5. The van der Waals surface area contributed by atoms with Gasteiger partial charge < -0.3 is 20.6 Å². The van der Waals surface area contributed by atoms with Crippen molar-refractivity contribution >= 4 is 61.4 Å². The van der Waals surface area contributed by atoms with Crippen molar-refractivity contribution < 1.29 is 0 Å². The number of fused-ring (bicyclic) bond motifs is 11. The largest absolute Gasteiger partial charge is 0.398 e. The van der Waals surface area contributed by atoms with E-state index in [0.717, 1.165) is 40.9 Å². The van der Waals surface area contributed by atoms with Crippen LogP contribution in [0.1, 0.15) is 51.8 Å². The van der Waals surface area contributed by atoms with Gasteiger partial charge in [0.25, 0.3) is 0 Å². The van der Waals surface area contributed by atoms with E-state index in [1.807, 2.05) is 36.4 Å². The Bertz CT molecular complexity index is 3320. The Kier molecular flexibility index (Phi) is 8.16. The van der Waals surface area contributed by atoms with Crippen LogP contribution in [0, 0.1) is 5.41 Å². The van der Waals surface area contributed by atoms with E-state index in [2.05, 4.69) is 185 Å². The summed E-state index contributed by atoms with van der Waals surface area (Å²) in [6.07, 6.45) is 6.04. The van der Waals surface area contributed by atoms with E-state index < -0.39 is 5.41 Å². The maximum absolute atomic E-state index is 9.81. The normalized spacial score (nSPS) is 15.0. The second kappa shape index (κ2) is 14.1. The summed E-state index contributed by atoms with van der Waals surface area (Å²) < 4.78 is 2.40. The minimum absolute atomic E-state index is 0.393. The van der Waals surface area contributed by atoms with E-state index in [1.54, 1.807) is 0 Å². The van der Waals surface area contributed by atoms with Crippen molar-refractivity contribution in [1.82, 2.24) is 4.57 Å². The summed E-state index contributed by atoms with van der Waals surface area (Å²) in [5.41, 5.74) is 25.9. The van der Waals surface area contributed by atoms with Crippen LogP contribution in [-0.2, 0) is 5.41 Å². The zero-order valence-electron chi connectivity index (χ0n) is 34.1. The van der Waals surface area contributed by atoms with Gasteiger partial charge in [-0.15, -0.1) is 0 Å². The van der Waals surface area contributed by atoms with Crippen LogP contribution in [0.5, 0.6) is 0 Å². The first-order valence-corrected chi connectivity index (χ1v) is 21.4. The second-order valence-corrected chi connectivity index (χ2v) is 16.5. The molecule has 0 saturated carbocycles. The highest BCUT2D eigenvalue weighted by Crippen LogP contribution is 2.65. The van der Waals surface area contributed by atoms with Gasteiger partial charge >= 0.3 is 0 Å². The van der Waals surface area contributed by atoms with Crippen molar-refractivity contribution in [2.24, 2.45) is 5.73 Å². The van der Waals surface area contributed by atoms with Gasteiger partial charge in [0.1, 0.15) is 0 Å². The molecule has 1 aliphatic heterocycles. The molecule has 0 fully saturated rings. The van der Waals surface area contributed by atoms with Crippen LogP contribution in [0.4, 0.5) is 17.1 Å². The van der Waals surface area contributed by atoms with Crippen LogP contribution >= 0.6 is 0 Å². The number of nitrogens with two attached hydrogens (primary N) is 1. The Morgan fingerprint density at radius 1 is 0.548 bits per heavy atom. The number of anilines is 3. The molecule has 0 atom stereocenters. The lowest BCUT2D eigenvalue weighted by atomic mass is 9.62. The van der Waals surface area contributed by atoms with Gasteiger partial charge in [0.05, 0.1) is 33.5 Å². The number of nitrogens with one attached hydrogen (secondary N) is 1. The highest BCUT2D eigenvalue weighted by atomic mass is 15.2. The Hall–Kier alpha value is -7.95. The van der Waals surface area contributed by atoms with E-state index in [1.165, 1.54) is 72.2 Å². The molecule has 0 saturated heterocycles. The molecule has 0 unspecified atom stereocenters. The summed E-state index contributed by atoms with van der Waals surface area (Å²) in [4.78, 5) is 2.43. The number of benzene rings is 8. The minimum atomic E-state index is -0.592. The van der Waals surface area contributed by atoms with E-state index in [0.29, 0.717) is 11.4 Å². The quantitative estimate of drug-likeness (QED) is 0.165. The predicted octanol–water partition coefficient (Wildman–Crippen LogP) is 13.9. The zero-order valence-corrected chi connectivity index (χ0v) is 34.1. The average molecular weight is 795 g/mol. The number of aromatic nitrogens is 1. The minimum Gasteiger partial charge on any atom is -0.398 e. The molecule has 3 N–H and O–H groups in total. The van der Waals surface area contributed by atoms with Crippen molar-refractivity contribution in [2.75, 3.05) is 4.90 Å². The first-order chi connectivity index (χ1) is 30.6. The molecule has 1 spiro atoms. The van der Waals surface area contributed by atoms with Crippen molar-refractivity contribution in [2.45, 2.75) is 18.3 Å². The number of hydrogen-bond acceptors (Lipinski definition) is 3. The molecule has 4 heteroatoms. The van der Waals surface area contributed by atoms with Crippen molar-refractivity contribution in [3.8, 4) is 5.69 Å². The molecular formula is C58H42N4. The third-order valence-electron chi connectivity index (χ3n) is 13.3. The van der Waals surface area contributed by atoms with Crippen molar-refractivity contribution in [1.29, 1.82) is 5.41 Å².